The number of pyridine rings is 1. The van der Waals surface area contributed by atoms with Gasteiger partial charge in [0.05, 0.1) is 12.1 Å². The number of hydrogen-bond acceptors (Lipinski definition) is 5. The van der Waals surface area contributed by atoms with Crippen LogP contribution in [0.5, 0.6) is 17.2 Å². The first kappa shape index (κ1) is 16.2. The van der Waals surface area contributed by atoms with Gasteiger partial charge in [0.1, 0.15) is 5.75 Å². The maximum atomic E-state index is 11.4. The largest absolute Gasteiger partial charge is 0.504 e. The molecule has 4 rings (SSSR count). The van der Waals surface area contributed by atoms with Crippen molar-refractivity contribution >= 4 is 16.8 Å². The van der Waals surface area contributed by atoms with Crippen molar-refractivity contribution in [3.05, 3.63) is 48.7 Å². The normalized spacial score (nSPS) is 16.6. The van der Waals surface area contributed by atoms with Crippen molar-refractivity contribution in [3.8, 4) is 28.4 Å². The molecule has 26 heavy (non-hydrogen) atoms. The number of fused-ring (bicyclic) bond motifs is 1. The van der Waals surface area contributed by atoms with Gasteiger partial charge in [0.25, 0.3) is 0 Å². The van der Waals surface area contributed by atoms with Crippen LogP contribution in [-0.4, -0.2) is 34.3 Å². The average molecular weight is 350 g/mol. The van der Waals surface area contributed by atoms with E-state index in [-0.39, 0.29) is 23.3 Å². The molecule has 0 radical (unpaired) electrons. The maximum absolute atomic E-state index is 11.4. The molecule has 0 unspecified atom stereocenters. The summed E-state index contributed by atoms with van der Waals surface area (Å²) in [5.74, 6) is 0.538. The van der Waals surface area contributed by atoms with Crippen LogP contribution in [0.4, 0.5) is 0 Å². The van der Waals surface area contributed by atoms with Crippen LogP contribution in [-0.2, 0) is 4.79 Å². The molecular weight excluding hydrogens is 332 g/mol. The van der Waals surface area contributed by atoms with Gasteiger partial charge < -0.3 is 20.3 Å². The van der Waals surface area contributed by atoms with E-state index in [2.05, 4.69) is 10.3 Å². The molecule has 132 valence electrons. The predicted octanol–water partition coefficient (Wildman–Crippen LogP) is 2.83. The molecule has 1 amide bonds. The molecule has 3 aromatic rings. The molecule has 1 aromatic heterocycles. The smallest absolute Gasteiger partial charge is 0.220 e. The zero-order chi connectivity index (χ0) is 18.1. The van der Waals surface area contributed by atoms with Crippen LogP contribution in [0.15, 0.2) is 48.7 Å². The minimum absolute atomic E-state index is 0.0541. The number of phenolic OH excluding ortho intramolecular Hbond substituents is 2. The summed E-state index contributed by atoms with van der Waals surface area (Å²) in [5, 5.41) is 23.0. The number of carbonyl (C=O) groups is 1. The van der Waals surface area contributed by atoms with E-state index in [9.17, 15) is 15.0 Å². The van der Waals surface area contributed by atoms with Crippen molar-refractivity contribution in [2.75, 3.05) is 13.2 Å². The van der Waals surface area contributed by atoms with Crippen molar-refractivity contribution in [1.82, 2.24) is 10.3 Å². The number of phenols is 2. The summed E-state index contributed by atoms with van der Waals surface area (Å²) in [6, 6.07) is 12.3. The van der Waals surface area contributed by atoms with E-state index in [0.717, 1.165) is 22.0 Å². The summed E-state index contributed by atoms with van der Waals surface area (Å²) in [5.41, 5.74) is 2.34. The molecule has 1 saturated heterocycles. The second kappa shape index (κ2) is 6.55. The van der Waals surface area contributed by atoms with E-state index in [1.807, 2.05) is 24.3 Å². The third-order valence-electron chi connectivity index (χ3n) is 4.53. The Labute approximate surface area is 150 Å². The Morgan fingerprint density at radius 3 is 2.77 bits per heavy atom. The van der Waals surface area contributed by atoms with Crippen LogP contribution in [0.3, 0.4) is 0 Å². The lowest BCUT2D eigenvalue weighted by atomic mass is 10.0. The Kier molecular flexibility index (Phi) is 4.08. The van der Waals surface area contributed by atoms with Crippen LogP contribution < -0.4 is 10.1 Å². The van der Waals surface area contributed by atoms with Gasteiger partial charge in [-0.2, -0.15) is 0 Å². The zero-order valence-electron chi connectivity index (χ0n) is 14.0. The lowest BCUT2D eigenvalue weighted by molar-refractivity contribution is -0.119. The van der Waals surface area contributed by atoms with E-state index in [1.165, 1.54) is 12.1 Å². The van der Waals surface area contributed by atoms with E-state index in [4.69, 9.17) is 4.74 Å². The number of nitrogens with one attached hydrogen (secondary N) is 1. The van der Waals surface area contributed by atoms with E-state index in [1.54, 1.807) is 12.3 Å². The lowest BCUT2D eigenvalue weighted by Gasteiger charge is -2.14. The molecule has 0 spiro atoms. The molecule has 1 atom stereocenters. The first-order valence-electron chi connectivity index (χ1n) is 8.41. The molecular formula is C20H18N2O4. The molecule has 2 aromatic carbocycles. The van der Waals surface area contributed by atoms with Crippen molar-refractivity contribution < 1.29 is 19.7 Å². The fourth-order valence-electron chi connectivity index (χ4n) is 3.13. The molecule has 0 aliphatic carbocycles. The van der Waals surface area contributed by atoms with Crippen LogP contribution in [0.25, 0.3) is 22.0 Å². The van der Waals surface area contributed by atoms with Crippen molar-refractivity contribution in [3.63, 3.8) is 0 Å². The van der Waals surface area contributed by atoms with Crippen molar-refractivity contribution in [2.45, 2.75) is 6.42 Å². The van der Waals surface area contributed by atoms with Crippen LogP contribution in [0, 0.1) is 5.92 Å². The third kappa shape index (κ3) is 3.13. The third-order valence-corrected chi connectivity index (χ3v) is 4.53. The number of amides is 1. The molecule has 1 aliphatic heterocycles. The first-order chi connectivity index (χ1) is 12.6. The summed E-state index contributed by atoms with van der Waals surface area (Å²) in [7, 11) is 0. The summed E-state index contributed by atoms with van der Waals surface area (Å²) in [6.07, 6.45) is 2.19. The molecule has 1 fully saturated rings. The van der Waals surface area contributed by atoms with E-state index in [0.29, 0.717) is 25.3 Å². The Bertz CT molecular complexity index is 987. The number of carbonyl (C=O) groups excluding carboxylic acids is 1. The fourth-order valence-corrected chi connectivity index (χ4v) is 3.13. The van der Waals surface area contributed by atoms with Crippen LogP contribution in [0.2, 0.25) is 0 Å². The maximum Gasteiger partial charge on any atom is 0.220 e. The summed E-state index contributed by atoms with van der Waals surface area (Å²) in [4.78, 5) is 15.8. The minimum atomic E-state index is -0.179. The Balaban J connectivity index is 1.70. The highest BCUT2D eigenvalue weighted by molar-refractivity contribution is 5.90. The molecule has 6 heteroatoms. The van der Waals surface area contributed by atoms with Gasteiger partial charge in [-0.15, -0.1) is 0 Å². The quantitative estimate of drug-likeness (QED) is 0.629. The van der Waals surface area contributed by atoms with Crippen LogP contribution >= 0.6 is 0 Å². The summed E-state index contributed by atoms with van der Waals surface area (Å²) >= 11 is 0. The predicted molar refractivity (Wildman–Crippen MR) is 97.1 cm³/mol. The van der Waals surface area contributed by atoms with Gasteiger partial charge in [-0.05, 0) is 47.5 Å². The lowest BCUT2D eigenvalue weighted by Crippen LogP contribution is -2.16. The Morgan fingerprint density at radius 1 is 1.12 bits per heavy atom. The monoisotopic (exact) mass is 350 g/mol. The topological polar surface area (TPSA) is 91.7 Å². The molecule has 0 bridgehead atoms. The fraction of sp³-hybridized carbons (Fsp3) is 0.200. The molecule has 6 nitrogen and oxygen atoms in total. The molecule has 0 saturated carbocycles. The zero-order valence-corrected chi connectivity index (χ0v) is 14.0. The second-order valence-electron chi connectivity index (χ2n) is 6.43. The van der Waals surface area contributed by atoms with Crippen molar-refractivity contribution in [1.29, 1.82) is 0 Å². The van der Waals surface area contributed by atoms with Crippen LogP contribution in [0.1, 0.15) is 6.42 Å². The van der Waals surface area contributed by atoms with Gasteiger partial charge in [0.15, 0.2) is 11.5 Å². The SMILES string of the molecule is O=C1C[C@@H](COc2cc(-c3ccc(O)c(O)c3)cc3ncccc23)CN1. The molecule has 1 aliphatic rings. The van der Waals surface area contributed by atoms with Gasteiger partial charge in [-0.25, -0.2) is 0 Å². The highest BCUT2D eigenvalue weighted by Gasteiger charge is 2.22. The Hall–Kier alpha value is -3.28. The average Bonchev–Trinajstić information content (AvgIpc) is 3.07. The van der Waals surface area contributed by atoms with Gasteiger partial charge in [-0.1, -0.05) is 6.07 Å². The Morgan fingerprint density at radius 2 is 2.00 bits per heavy atom. The number of ether oxygens (including phenoxy) is 1. The molecule has 3 N–H and O–H groups in total. The number of benzene rings is 2. The van der Waals surface area contributed by atoms with Crippen molar-refractivity contribution in [2.24, 2.45) is 5.92 Å². The van der Waals surface area contributed by atoms with Gasteiger partial charge in [0, 0.05) is 30.5 Å². The summed E-state index contributed by atoms with van der Waals surface area (Å²) in [6.45, 7) is 1.06. The number of rotatable bonds is 4. The standard InChI is InChI=1S/C20H18N2O4/c23-17-4-3-13(8-18(17)24)14-7-16-15(2-1-5-21-16)19(9-14)26-11-12-6-20(25)22-10-12/h1-5,7-9,12,23-24H,6,10-11H2,(H,22,25)/t12-/m1/s1. The van der Waals surface area contributed by atoms with E-state index < -0.39 is 0 Å². The number of aromatic nitrogens is 1. The number of nitrogens with zero attached hydrogens (tertiary/aromatic N) is 1. The highest BCUT2D eigenvalue weighted by atomic mass is 16.5. The van der Waals surface area contributed by atoms with E-state index >= 15 is 0 Å². The van der Waals surface area contributed by atoms with Gasteiger partial charge in [-0.3, -0.25) is 9.78 Å². The summed E-state index contributed by atoms with van der Waals surface area (Å²) < 4.78 is 6.02. The number of aromatic hydroxyl groups is 2. The van der Waals surface area contributed by atoms with Gasteiger partial charge >= 0.3 is 0 Å². The minimum Gasteiger partial charge on any atom is -0.504 e. The first-order valence-corrected chi connectivity index (χ1v) is 8.41. The second-order valence-corrected chi connectivity index (χ2v) is 6.43. The highest BCUT2D eigenvalue weighted by Crippen LogP contribution is 2.35. The molecule has 2 heterocycles. The number of hydrogen-bond donors (Lipinski definition) is 3. The van der Waals surface area contributed by atoms with Gasteiger partial charge in [0.2, 0.25) is 5.91 Å².